The van der Waals surface area contributed by atoms with Gasteiger partial charge in [0.15, 0.2) is 5.78 Å². The zero-order valence-electron chi connectivity index (χ0n) is 7.42. The number of carbonyl (C=O) groups is 1. The maximum Gasteiger partial charge on any atom is 0.183 e. The van der Waals surface area contributed by atoms with Gasteiger partial charge in [0.25, 0.3) is 0 Å². The van der Waals surface area contributed by atoms with Crippen molar-refractivity contribution >= 4 is 33.3 Å². The van der Waals surface area contributed by atoms with Crippen molar-refractivity contribution in [2.75, 3.05) is 0 Å². The number of phenolic OH excluding ortho intramolecular Hbond substituents is 1. The van der Waals surface area contributed by atoms with Crippen LogP contribution in [0.1, 0.15) is 17.3 Å². The van der Waals surface area contributed by atoms with E-state index in [2.05, 4.69) is 15.9 Å². The molecule has 0 spiro atoms. The number of phenols is 1. The van der Waals surface area contributed by atoms with Crippen molar-refractivity contribution in [3.63, 3.8) is 0 Å². The molecule has 0 amide bonds. The molecule has 0 aromatic heterocycles. The van der Waals surface area contributed by atoms with Gasteiger partial charge in [-0.1, -0.05) is 11.6 Å². The van der Waals surface area contributed by atoms with E-state index in [0.29, 0.717) is 9.50 Å². The van der Waals surface area contributed by atoms with Crippen LogP contribution in [0, 0.1) is 0 Å². The molecule has 1 aromatic carbocycles. The number of benzene rings is 1. The van der Waals surface area contributed by atoms with E-state index >= 15 is 0 Å². The first kappa shape index (κ1) is 11.5. The van der Waals surface area contributed by atoms with Crippen LogP contribution in [0.15, 0.2) is 16.6 Å². The third-order valence-electron chi connectivity index (χ3n) is 1.71. The molecule has 0 radical (unpaired) electrons. The van der Waals surface area contributed by atoms with Gasteiger partial charge in [-0.2, -0.15) is 0 Å². The van der Waals surface area contributed by atoms with Gasteiger partial charge >= 0.3 is 0 Å². The van der Waals surface area contributed by atoms with Crippen molar-refractivity contribution in [1.29, 1.82) is 0 Å². The molecule has 0 aliphatic carbocycles. The first-order valence-electron chi connectivity index (χ1n) is 3.91. The van der Waals surface area contributed by atoms with Crippen LogP contribution < -0.4 is 5.73 Å². The minimum Gasteiger partial charge on any atom is -0.506 e. The molecule has 0 saturated heterocycles. The lowest BCUT2D eigenvalue weighted by atomic mass is 10.1. The summed E-state index contributed by atoms with van der Waals surface area (Å²) in [5, 5.41) is 9.93. The summed E-state index contributed by atoms with van der Waals surface area (Å²) in [5.41, 5.74) is 5.56. The van der Waals surface area contributed by atoms with Crippen molar-refractivity contribution in [3.8, 4) is 5.75 Å². The van der Waals surface area contributed by atoms with Crippen molar-refractivity contribution in [2.24, 2.45) is 5.73 Å². The summed E-state index contributed by atoms with van der Waals surface area (Å²) in [6.45, 7) is 1.55. The summed E-state index contributed by atoms with van der Waals surface area (Å²) in [6, 6.07) is 2.24. The fourth-order valence-corrected chi connectivity index (χ4v) is 1.81. The fraction of sp³-hybridized carbons (Fsp3) is 0.222. The second-order valence-corrected chi connectivity index (χ2v) is 4.23. The van der Waals surface area contributed by atoms with Gasteiger partial charge in [-0.05, 0) is 35.0 Å². The smallest absolute Gasteiger partial charge is 0.183 e. The molecule has 76 valence electrons. The summed E-state index contributed by atoms with van der Waals surface area (Å²) >= 11 is 8.82. The third-order valence-corrected chi connectivity index (χ3v) is 2.53. The van der Waals surface area contributed by atoms with Crippen LogP contribution in [0.5, 0.6) is 5.75 Å². The van der Waals surface area contributed by atoms with Crippen LogP contribution in [-0.2, 0) is 0 Å². The Kier molecular flexibility index (Phi) is 3.53. The van der Waals surface area contributed by atoms with Crippen LogP contribution in [0.2, 0.25) is 5.02 Å². The van der Waals surface area contributed by atoms with Gasteiger partial charge in [0.1, 0.15) is 5.75 Å². The molecule has 14 heavy (non-hydrogen) atoms. The Morgan fingerprint density at radius 3 is 2.71 bits per heavy atom. The lowest BCUT2D eigenvalue weighted by Crippen LogP contribution is -2.26. The van der Waals surface area contributed by atoms with E-state index in [4.69, 9.17) is 17.3 Å². The van der Waals surface area contributed by atoms with E-state index in [-0.39, 0.29) is 17.1 Å². The SMILES string of the molecule is CC(N)C(=O)c1cc(Cl)cc(Br)c1O. The van der Waals surface area contributed by atoms with Crippen molar-refractivity contribution in [3.05, 3.63) is 27.2 Å². The number of halogens is 2. The van der Waals surface area contributed by atoms with E-state index in [1.165, 1.54) is 12.1 Å². The Labute approximate surface area is 95.0 Å². The highest BCUT2D eigenvalue weighted by molar-refractivity contribution is 9.10. The van der Waals surface area contributed by atoms with Gasteiger partial charge in [-0.25, -0.2) is 0 Å². The Bertz CT molecular complexity index is 379. The summed E-state index contributed by atoms with van der Waals surface area (Å²) in [4.78, 5) is 11.5. The molecule has 3 N–H and O–H groups in total. The number of hydrogen-bond acceptors (Lipinski definition) is 3. The second kappa shape index (κ2) is 4.29. The van der Waals surface area contributed by atoms with E-state index in [9.17, 15) is 9.90 Å². The maximum absolute atomic E-state index is 11.5. The largest absolute Gasteiger partial charge is 0.506 e. The number of hydrogen-bond donors (Lipinski definition) is 2. The molecule has 1 atom stereocenters. The van der Waals surface area contributed by atoms with Crippen LogP contribution in [0.25, 0.3) is 0 Å². The topological polar surface area (TPSA) is 63.3 Å². The molecule has 0 saturated carbocycles. The summed E-state index contributed by atoms with van der Waals surface area (Å²) in [6.07, 6.45) is 0. The Hall–Kier alpha value is -0.580. The summed E-state index contributed by atoms with van der Waals surface area (Å²) in [7, 11) is 0. The van der Waals surface area contributed by atoms with Crippen LogP contribution in [-0.4, -0.2) is 16.9 Å². The average Bonchev–Trinajstić information content (AvgIpc) is 2.09. The van der Waals surface area contributed by atoms with Gasteiger partial charge in [-0.15, -0.1) is 0 Å². The molecule has 0 fully saturated rings. The Balaban J connectivity index is 3.27. The van der Waals surface area contributed by atoms with Crippen molar-refractivity contribution in [1.82, 2.24) is 0 Å². The molecule has 1 aromatic rings. The number of Topliss-reactive ketones (excluding diaryl/α,β-unsaturated/α-hetero) is 1. The minimum absolute atomic E-state index is 0.128. The minimum atomic E-state index is -0.661. The van der Waals surface area contributed by atoms with Crippen molar-refractivity contribution < 1.29 is 9.90 Å². The van der Waals surface area contributed by atoms with Crippen LogP contribution in [0.3, 0.4) is 0 Å². The van der Waals surface area contributed by atoms with Gasteiger partial charge in [0.05, 0.1) is 16.1 Å². The van der Waals surface area contributed by atoms with Gasteiger partial charge in [-0.3, -0.25) is 4.79 Å². The standard InChI is InChI=1S/C9H9BrClNO2/c1-4(12)8(13)6-2-5(11)3-7(10)9(6)14/h2-4,14H,12H2,1H3. The fourth-order valence-electron chi connectivity index (χ4n) is 0.999. The maximum atomic E-state index is 11.5. The quantitative estimate of drug-likeness (QED) is 0.816. The predicted molar refractivity (Wildman–Crippen MR) is 58.8 cm³/mol. The molecule has 0 bridgehead atoms. The number of carbonyl (C=O) groups excluding carboxylic acids is 1. The zero-order valence-corrected chi connectivity index (χ0v) is 9.76. The highest BCUT2D eigenvalue weighted by Crippen LogP contribution is 2.31. The molecule has 0 aliphatic heterocycles. The molecule has 0 aliphatic rings. The average molecular weight is 279 g/mol. The molecule has 3 nitrogen and oxygen atoms in total. The number of ketones is 1. The number of rotatable bonds is 2. The monoisotopic (exact) mass is 277 g/mol. The predicted octanol–water partition coefficient (Wildman–Crippen LogP) is 2.34. The second-order valence-electron chi connectivity index (χ2n) is 2.94. The van der Waals surface area contributed by atoms with Gasteiger partial charge in [0.2, 0.25) is 0 Å². The Morgan fingerprint density at radius 1 is 1.64 bits per heavy atom. The van der Waals surface area contributed by atoms with E-state index in [0.717, 1.165) is 0 Å². The molecule has 1 unspecified atom stereocenters. The Morgan fingerprint density at radius 2 is 2.21 bits per heavy atom. The highest BCUT2D eigenvalue weighted by Gasteiger charge is 2.17. The molecule has 5 heteroatoms. The highest BCUT2D eigenvalue weighted by atomic mass is 79.9. The lowest BCUT2D eigenvalue weighted by Gasteiger charge is -2.08. The van der Waals surface area contributed by atoms with Crippen molar-refractivity contribution in [2.45, 2.75) is 13.0 Å². The van der Waals surface area contributed by atoms with E-state index < -0.39 is 6.04 Å². The van der Waals surface area contributed by atoms with Gasteiger partial charge in [0, 0.05) is 5.02 Å². The molecular formula is C9H9BrClNO2. The van der Waals surface area contributed by atoms with Crippen LogP contribution in [0.4, 0.5) is 0 Å². The van der Waals surface area contributed by atoms with E-state index in [1.807, 2.05) is 0 Å². The molecular weight excluding hydrogens is 269 g/mol. The lowest BCUT2D eigenvalue weighted by molar-refractivity contribution is 0.0965. The number of nitrogens with two attached hydrogens (primary N) is 1. The number of aromatic hydroxyl groups is 1. The molecule has 0 heterocycles. The zero-order chi connectivity index (χ0) is 10.9. The normalized spacial score (nSPS) is 12.6. The first-order valence-corrected chi connectivity index (χ1v) is 5.08. The first-order chi connectivity index (χ1) is 6.43. The third kappa shape index (κ3) is 2.26. The summed E-state index contributed by atoms with van der Waals surface area (Å²) in [5.74, 6) is -0.470. The van der Waals surface area contributed by atoms with E-state index in [1.54, 1.807) is 6.92 Å². The summed E-state index contributed by atoms with van der Waals surface area (Å²) < 4.78 is 0.383. The van der Waals surface area contributed by atoms with Crippen LogP contribution >= 0.6 is 27.5 Å². The molecule has 1 rings (SSSR count). The van der Waals surface area contributed by atoms with Gasteiger partial charge < -0.3 is 10.8 Å².